The largest absolute Gasteiger partial charge is 0.375 e. The van der Waals surface area contributed by atoms with Gasteiger partial charge in [0.05, 0.1) is 18.2 Å². The zero-order chi connectivity index (χ0) is 11.5. The molecule has 0 radical (unpaired) electrons. The Kier molecular flexibility index (Phi) is 3.95. The lowest BCUT2D eigenvalue weighted by Gasteiger charge is -2.34. The first-order valence-electron chi connectivity index (χ1n) is 5.96. The van der Waals surface area contributed by atoms with Gasteiger partial charge < -0.3 is 10.1 Å². The quantitative estimate of drug-likeness (QED) is 0.882. The zero-order valence-electron chi connectivity index (χ0n) is 10.1. The highest BCUT2D eigenvalue weighted by molar-refractivity contribution is 7.09. The number of rotatable bonds is 3. The number of hydrogen-bond acceptors (Lipinski definition) is 4. The number of thiazole rings is 1. The van der Waals surface area contributed by atoms with Crippen LogP contribution < -0.4 is 5.32 Å². The molecule has 0 saturated carbocycles. The van der Waals surface area contributed by atoms with Crippen LogP contribution in [0.4, 0.5) is 0 Å². The fraction of sp³-hybridized carbons (Fsp3) is 0.750. The predicted molar refractivity (Wildman–Crippen MR) is 66.7 cm³/mol. The van der Waals surface area contributed by atoms with E-state index < -0.39 is 0 Å². The molecule has 3 atom stereocenters. The first-order valence-corrected chi connectivity index (χ1v) is 6.84. The van der Waals surface area contributed by atoms with Gasteiger partial charge in [-0.05, 0) is 33.6 Å². The fourth-order valence-electron chi connectivity index (χ4n) is 2.41. The van der Waals surface area contributed by atoms with Crippen LogP contribution in [0.3, 0.4) is 0 Å². The highest BCUT2D eigenvalue weighted by Gasteiger charge is 2.25. The molecule has 0 bridgehead atoms. The maximum atomic E-state index is 5.74. The molecule has 1 aliphatic rings. The molecule has 0 aromatic carbocycles. The van der Waals surface area contributed by atoms with E-state index in [1.54, 1.807) is 11.3 Å². The first kappa shape index (κ1) is 12.0. The lowest BCUT2D eigenvalue weighted by atomic mass is 9.99. The molecule has 2 heterocycles. The van der Waals surface area contributed by atoms with Crippen LogP contribution >= 0.6 is 11.3 Å². The summed E-state index contributed by atoms with van der Waals surface area (Å²) in [7, 11) is 0. The van der Waals surface area contributed by atoms with Crippen LogP contribution in [-0.2, 0) is 4.74 Å². The van der Waals surface area contributed by atoms with E-state index in [1.807, 2.05) is 11.6 Å². The summed E-state index contributed by atoms with van der Waals surface area (Å²) in [6.45, 7) is 6.49. The predicted octanol–water partition coefficient (Wildman–Crippen LogP) is 2.75. The minimum Gasteiger partial charge on any atom is -0.375 e. The number of nitrogens with zero attached hydrogens (tertiary/aromatic N) is 1. The third-order valence-electron chi connectivity index (χ3n) is 3.01. The molecule has 1 saturated heterocycles. The molecule has 1 aromatic rings. The summed E-state index contributed by atoms with van der Waals surface area (Å²) in [5.41, 5.74) is 0. The van der Waals surface area contributed by atoms with Crippen LogP contribution in [0.25, 0.3) is 0 Å². The summed E-state index contributed by atoms with van der Waals surface area (Å²) in [5, 5.41) is 6.85. The number of ether oxygens (including phenoxy) is 1. The Morgan fingerprint density at radius 1 is 1.44 bits per heavy atom. The van der Waals surface area contributed by atoms with E-state index in [0.717, 1.165) is 12.8 Å². The fourth-order valence-corrected chi connectivity index (χ4v) is 3.07. The third-order valence-corrected chi connectivity index (χ3v) is 3.96. The van der Waals surface area contributed by atoms with Crippen molar-refractivity contribution in [3.8, 4) is 0 Å². The van der Waals surface area contributed by atoms with Gasteiger partial charge in [0.15, 0.2) is 0 Å². The van der Waals surface area contributed by atoms with Crippen molar-refractivity contribution in [1.82, 2.24) is 10.3 Å². The lowest BCUT2D eigenvalue weighted by molar-refractivity contribution is -0.0433. The third kappa shape index (κ3) is 3.03. The van der Waals surface area contributed by atoms with Crippen molar-refractivity contribution in [3.63, 3.8) is 0 Å². The van der Waals surface area contributed by atoms with Crippen molar-refractivity contribution in [2.75, 3.05) is 0 Å². The van der Waals surface area contributed by atoms with Crippen molar-refractivity contribution < 1.29 is 4.74 Å². The number of nitrogens with one attached hydrogen (secondary N) is 1. The zero-order valence-corrected chi connectivity index (χ0v) is 11.0. The maximum absolute atomic E-state index is 5.74. The second-order valence-corrected chi connectivity index (χ2v) is 5.61. The Balaban J connectivity index is 1.89. The van der Waals surface area contributed by atoms with Gasteiger partial charge in [0, 0.05) is 17.6 Å². The van der Waals surface area contributed by atoms with E-state index in [1.165, 1.54) is 5.01 Å². The number of hydrogen-bond donors (Lipinski definition) is 1. The molecule has 1 aromatic heterocycles. The van der Waals surface area contributed by atoms with Gasteiger partial charge in [0.1, 0.15) is 5.01 Å². The Morgan fingerprint density at radius 3 is 2.69 bits per heavy atom. The topological polar surface area (TPSA) is 34.2 Å². The Bertz CT molecular complexity index is 305. The van der Waals surface area contributed by atoms with Crippen molar-refractivity contribution >= 4 is 11.3 Å². The van der Waals surface area contributed by atoms with Gasteiger partial charge in [-0.3, -0.25) is 0 Å². The molecule has 3 unspecified atom stereocenters. The average molecular weight is 240 g/mol. The molecular formula is C12H20N2OS. The monoisotopic (exact) mass is 240 g/mol. The minimum atomic E-state index is 0.350. The number of aromatic nitrogens is 1. The van der Waals surface area contributed by atoms with Gasteiger partial charge in [-0.1, -0.05) is 0 Å². The smallest absolute Gasteiger partial charge is 0.109 e. The molecule has 4 heteroatoms. The van der Waals surface area contributed by atoms with Crippen molar-refractivity contribution in [3.05, 3.63) is 16.6 Å². The second kappa shape index (κ2) is 5.25. The molecule has 1 fully saturated rings. The van der Waals surface area contributed by atoms with Crippen molar-refractivity contribution in [1.29, 1.82) is 0 Å². The van der Waals surface area contributed by atoms with E-state index in [0.29, 0.717) is 24.3 Å². The summed E-state index contributed by atoms with van der Waals surface area (Å²) < 4.78 is 5.74. The SMILES string of the molecule is CC1CC(NC(C)c2nccs2)CC(C)O1. The summed E-state index contributed by atoms with van der Waals surface area (Å²) in [6.07, 6.45) is 4.79. The van der Waals surface area contributed by atoms with Gasteiger partial charge in [-0.2, -0.15) is 0 Å². The summed E-state index contributed by atoms with van der Waals surface area (Å²) >= 11 is 1.72. The Hall–Kier alpha value is -0.450. The van der Waals surface area contributed by atoms with Crippen LogP contribution in [0.2, 0.25) is 0 Å². The molecule has 0 amide bonds. The summed E-state index contributed by atoms with van der Waals surface area (Å²) in [5.74, 6) is 0. The summed E-state index contributed by atoms with van der Waals surface area (Å²) in [6, 6.07) is 0.903. The van der Waals surface area contributed by atoms with Gasteiger partial charge in [-0.15, -0.1) is 11.3 Å². The molecule has 0 spiro atoms. The summed E-state index contributed by atoms with van der Waals surface area (Å²) in [4.78, 5) is 4.34. The molecule has 16 heavy (non-hydrogen) atoms. The first-order chi connectivity index (χ1) is 7.65. The van der Waals surface area contributed by atoms with Crippen LogP contribution in [-0.4, -0.2) is 23.2 Å². The molecule has 0 aliphatic carbocycles. The Labute approximate surface area is 101 Å². The molecule has 1 N–H and O–H groups in total. The van der Waals surface area contributed by atoms with Gasteiger partial charge >= 0.3 is 0 Å². The lowest BCUT2D eigenvalue weighted by Crippen LogP contribution is -2.42. The van der Waals surface area contributed by atoms with Gasteiger partial charge in [-0.25, -0.2) is 4.98 Å². The standard InChI is InChI=1S/C12H20N2OS/c1-8-6-11(7-9(2)15-8)14-10(3)12-13-4-5-16-12/h4-5,8-11,14H,6-7H2,1-3H3. The molecular weight excluding hydrogens is 220 g/mol. The highest BCUT2D eigenvalue weighted by Crippen LogP contribution is 2.23. The van der Waals surface area contributed by atoms with E-state index in [9.17, 15) is 0 Å². The normalized spacial score (nSPS) is 32.6. The molecule has 2 rings (SSSR count). The van der Waals surface area contributed by atoms with Gasteiger partial charge in [0.25, 0.3) is 0 Å². The minimum absolute atomic E-state index is 0.350. The molecule has 90 valence electrons. The van der Waals surface area contributed by atoms with Crippen molar-refractivity contribution in [2.24, 2.45) is 0 Å². The van der Waals surface area contributed by atoms with Crippen molar-refractivity contribution in [2.45, 2.75) is 57.9 Å². The van der Waals surface area contributed by atoms with E-state index in [4.69, 9.17) is 4.74 Å². The maximum Gasteiger partial charge on any atom is 0.109 e. The second-order valence-electron chi connectivity index (χ2n) is 4.68. The highest BCUT2D eigenvalue weighted by atomic mass is 32.1. The average Bonchev–Trinajstić information content (AvgIpc) is 2.68. The van der Waals surface area contributed by atoms with E-state index >= 15 is 0 Å². The van der Waals surface area contributed by atoms with Crippen LogP contribution in [0.15, 0.2) is 11.6 Å². The van der Waals surface area contributed by atoms with E-state index in [2.05, 4.69) is 31.1 Å². The van der Waals surface area contributed by atoms with Gasteiger partial charge in [0.2, 0.25) is 0 Å². The van der Waals surface area contributed by atoms with Crippen LogP contribution in [0.1, 0.15) is 44.7 Å². The molecule has 1 aliphatic heterocycles. The molecule has 3 nitrogen and oxygen atoms in total. The van der Waals surface area contributed by atoms with Crippen LogP contribution in [0, 0.1) is 0 Å². The van der Waals surface area contributed by atoms with Crippen LogP contribution in [0.5, 0.6) is 0 Å². The Morgan fingerprint density at radius 2 is 2.12 bits per heavy atom. The van der Waals surface area contributed by atoms with E-state index in [-0.39, 0.29) is 0 Å².